The first kappa shape index (κ1) is 21.5. The number of nitrogens with zero attached hydrogens (tertiary/aromatic N) is 3. The molecular weight excluding hydrogens is 441 g/mol. The molecular formula is C16H18FN5O4S3. The molecule has 0 saturated carbocycles. The number of carbonyl (C=O) groups is 1. The fourth-order valence-electron chi connectivity index (χ4n) is 2.57. The van der Waals surface area contributed by atoms with E-state index >= 15 is 0 Å². The lowest BCUT2D eigenvalue weighted by Gasteiger charge is -2.14. The van der Waals surface area contributed by atoms with Gasteiger partial charge in [0.1, 0.15) is 16.9 Å². The van der Waals surface area contributed by atoms with Gasteiger partial charge >= 0.3 is 6.09 Å². The Bertz CT molecular complexity index is 1040. The fraction of sp³-hybridized carbons (Fsp3) is 0.375. The van der Waals surface area contributed by atoms with E-state index in [1.54, 1.807) is 13.0 Å². The molecule has 1 aliphatic heterocycles. The van der Waals surface area contributed by atoms with Gasteiger partial charge in [-0.05, 0) is 25.1 Å². The molecule has 0 bridgehead atoms. The lowest BCUT2D eigenvalue weighted by Crippen LogP contribution is -2.32. The molecule has 1 aromatic carbocycles. The summed E-state index contributed by atoms with van der Waals surface area (Å²) in [6.45, 7) is 2.36. The standard InChI is InChI=1S/C16H18FN5O4S3/c1-9(27)18-6-11-8-22(16(23)26-11)10-3-4-12(13(17)5-10)15-21-20-14(28-15)7-19-29(2,24)25/h3-5,11,19H,6-8H2,1-2H3,(H,18,27)/t11-/m0/s1. The van der Waals surface area contributed by atoms with Crippen molar-refractivity contribution in [3.8, 4) is 10.6 Å². The number of thiocarbonyl (C=S) groups is 1. The Morgan fingerprint density at radius 1 is 1.45 bits per heavy atom. The molecule has 2 N–H and O–H groups in total. The molecule has 1 amide bonds. The molecule has 1 fully saturated rings. The highest BCUT2D eigenvalue weighted by atomic mass is 32.2. The van der Waals surface area contributed by atoms with Gasteiger partial charge in [-0.15, -0.1) is 10.2 Å². The number of anilines is 1. The van der Waals surface area contributed by atoms with Gasteiger partial charge in [-0.2, -0.15) is 0 Å². The molecule has 2 heterocycles. The lowest BCUT2D eigenvalue weighted by atomic mass is 10.2. The number of sulfonamides is 1. The van der Waals surface area contributed by atoms with Crippen LogP contribution in [-0.4, -0.2) is 55.1 Å². The topological polar surface area (TPSA) is 114 Å². The second-order valence-corrected chi connectivity index (χ2v) is 9.82. The van der Waals surface area contributed by atoms with E-state index in [0.717, 1.165) is 17.6 Å². The maximum atomic E-state index is 14.7. The Kier molecular flexibility index (Phi) is 6.41. The molecule has 9 nitrogen and oxygen atoms in total. The molecule has 0 aliphatic carbocycles. The van der Waals surface area contributed by atoms with Crippen LogP contribution in [0.25, 0.3) is 10.6 Å². The van der Waals surface area contributed by atoms with Crippen LogP contribution in [-0.2, 0) is 21.3 Å². The largest absolute Gasteiger partial charge is 0.442 e. The summed E-state index contributed by atoms with van der Waals surface area (Å²) in [5, 5.41) is 11.4. The number of cyclic esters (lactones) is 1. The van der Waals surface area contributed by atoms with Crippen LogP contribution in [0.1, 0.15) is 11.9 Å². The van der Waals surface area contributed by atoms with Crippen molar-refractivity contribution in [2.45, 2.75) is 19.6 Å². The number of ether oxygens (including phenoxy) is 1. The number of benzene rings is 1. The summed E-state index contributed by atoms with van der Waals surface area (Å²) in [4.78, 5) is 14.0. The van der Waals surface area contributed by atoms with Gasteiger partial charge in [-0.1, -0.05) is 23.6 Å². The second kappa shape index (κ2) is 8.65. The van der Waals surface area contributed by atoms with Gasteiger partial charge in [0.25, 0.3) is 0 Å². The maximum absolute atomic E-state index is 14.7. The third kappa shape index (κ3) is 5.65. The molecule has 1 atom stereocenters. The Hall–Kier alpha value is -2.22. The van der Waals surface area contributed by atoms with Gasteiger partial charge in [-0.25, -0.2) is 22.3 Å². The third-order valence-corrected chi connectivity index (χ3v) is 5.67. The Labute approximate surface area is 176 Å². The summed E-state index contributed by atoms with van der Waals surface area (Å²) >= 11 is 6.01. The predicted octanol–water partition coefficient (Wildman–Crippen LogP) is 1.66. The summed E-state index contributed by atoms with van der Waals surface area (Å²) in [6.07, 6.45) is 0.0839. The minimum atomic E-state index is -3.37. The average molecular weight is 460 g/mol. The minimum absolute atomic E-state index is 0.0214. The van der Waals surface area contributed by atoms with Crippen molar-refractivity contribution < 1.29 is 22.3 Å². The SMILES string of the molecule is CC(=S)NC[C@H]1CN(c2ccc(-c3nnc(CNS(C)(=O)=O)s3)c(F)c2)C(=O)O1. The van der Waals surface area contributed by atoms with Crippen LogP contribution in [0.3, 0.4) is 0 Å². The van der Waals surface area contributed by atoms with Crippen molar-refractivity contribution in [2.75, 3.05) is 24.2 Å². The van der Waals surface area contributed by atoms with Gasteiger partial charge in [0.05, 0.1) is 36.6 Å². The van der Waals surface area contributed by atoms with Crippen molar-refractivity contribution in [1.29, 1.82) is 0 Å². The molecule has 2 aromatic rings. The fourth-order valence-corrected chi connectivity index (χ4v) is 3.95. The molecule has 29 heavy (non-hydrogen) atoms. The Morgan fingerprint density at radius 3 is 2.86 bits per heavy atom. The molecule has 1 aromatic heterocycles. The summed E-state index contributed by atoms with van der Waals surface area (Å²) < 4.78 is 44.5. The molecule has 13 heteroatoms. The van der Waals surface area contributed by atoms with Gasteiger partial charge in [-0.3, -0.25) is 4.90 Å². The zero-order valence-electron chi connectivity index (χ0n) is 15.5. The normalized spacial score (nSPS) is 16.7. The Morgan fingerprint density at radius 2 is 2.21 bits per heavy atom. The van der Waals surface area contributed by atoms with Crippen LogP contribution >= 0.6 is 23.6 Å². The van der Waals surface area contributed by atoms with Gasteiger partial charge in [0.2, 0.25) is 10.0 Å². The molecule has 0 unspecified atom stereocenters. The van der Waals surface area contributed by atoms with Crippen molar-refractivity contribution in [1.82, 2.24) is 20.2 Å². The minimum Gasteiger partial charge on any atom is -0.442 e. The van der Waals surface area contributed by atoms with Gasteiger partial charge < -0.3 is 10.1 Å². The second-order valence-electron chi connectivity index (χ2n) is 6.31. The first-order valence-electron chi connectivity index (χ1n) is 8.42. The van der Waals surface area contributed by atoms with Crippen LogP contribution < -0.4 is 14.9 Å². The van der Waals surface area contributed by atoms with Crippen LogP contribution in [0.4, 0.5) is 14.9 Å². The molecule has 0 spiro atoms. The summed E-state index contributed by atoms with van der Waals surface area (Å²) in [5.74, 6) is -0.578. The summed E-state index contributed by atoms with van der Waals surface area (Å²) in [6, 6.07) is 4.32. The summed E-state index contributed by atoms with van der Waals surface area (Å²) in [7, 11) is -3.37. The number of rotatable bonds is 7. The molecule has 0 radical (unpaired) electrons. The average Bonchev–Trinajstić information content (AvgIpc) is 3.24. The predicted molar refractivity (Wildman–Crippen MR) is 111 cm³/mol. The van der Waals surface area contributed by atoms with E-state index in [9.17, 15) is 17.6 Å². The van der Waals surface area contributed by atoms with E-state index in [-0.39, 0.29) is 18.7 Å². The smallest absolute Gasteiger partial charge is 0.414 e. The van der Waals surface area contributed by atoms with Crippen molar-refractivity contribution in [2.24, 2.45) is 0 Å². The number of aromatic nitrogens is 2. The maximum Gasteiger partial charge on any atom is 0.414 e. The number of hydrogen-bond acceptors (Lipinski definition) is 8. The first-order valence-corrected chi connectivity index (χ1v) is 11.5. The molecule has 156 valence electrons. The van der Waals surface area contributed by atoms with E-state index in [1.165, 1.54) is 17.0 Å². The van der Waals surface area contributed by atoms with Crippen LogP contribution in [0.2, 0.25) is 0 Å². The van der Waals surface area contributed by atoms with Crippen LogP contribution in [0.5, 0.6) is 0 Å². The van der Waals surface area contributed by atoms with Crippen LogP contribution in [0.15, 0.2) is 18.2 Å². The number of hydrogen-bond donors (Lipinski definition) is 2. The highest BCUT2D eigenvalue weighted by Gasteiger charge is 2.32. The summed E-state index contributed by atoms with van der Waals surface area (Å²) in [5.41, 5.74) is 0.570. The third-order valence-electron chi connectivity index (χ3n) is 3.90. The van der Waals surface area contributed by atoms with Gasteiger partial charge in [0.15, 0.2) is 5.01 Å². The number of nitrogens with one attached hydrogen (secondary N) is 2. The number of amides is 1. The van der Waals surface area contributed by atoms with Crippen molar-refractivity contribution >= 4 is 50.3 Å². The van der Waals surface area contributed by atoms with Gasteiger partial charge in [0, 0.05) is 5.56 Å². The van der Waals surface area contributed by atoms with E-state index in [4.69, 9.17) is 17.0 Å². The monoisotopic (exact) mass is 459 g/mol. The van der Waals surface area contributed by atoms with Crippen molar-refractivity contribution in [3.05, 3.63) is 29.0 Å². The zero-order chi connectivity index (χ0) is 21.2. The molecule has 3 rings (SSSR count). The van der Waals surface area contributed by atoms with E-state index < -0.39 is 28.0 Å². The Balaban J connectivity index is 1.71. The van der Waals surface area contributed by atoms with E-state index in [2.05, 4.69) is 20.2 Å². The van der Waals surface area contributed by atoms with E-state index in [1.807, 2.05) is 0 Å². The lowest BCUT2D eigenvalue weighted by molar-refractivity contribution is 0.143. The highest BCUT2D eigenvalue weighted by Crippen LogP contribution is 2.30. The van der Waals surface area contributed by atoms with Crippen molar-refractivity contribution in [3.63, 3.8) is 0 Å². The quantitative estimate of drug-likeness (QED) is 0.601. The number of halogens is 1. The highest BCUT2D eigenvalue weighted by molar-refractivity contribution is 7.88. The van der Waals surface area contributed by atoms with E-state index in [0.29, 0.717) is 27.2 Å². The van der Waals surface area contributed by atoms with Crippen LogP contribution in [0, 0.1) is 5.82 Å². The molecule has 1 aliphatic rings. The number of carbonyl (C=O) groups excluding carboxylic acids is 1. The zero-order valence-corrected chi connectivity index (χ0v) is 18.0. The first-order chi connectivity index (χ1) is 13.6. The molecule has 1 saturated heterocycles.